The lowest BCUT2D eigenvalue weighted by atomic mass is 10.1. The molecule has 0 aliphatic rings. The average Bonchev–Trinajstić information content (AvgIpc) is 2.61. The Balaban J connectivity index is 1.96. The van der Waals surface area contributed by atoms with Crippen molar-refractivity contribution >= 4 is 17.8 Å². The number of hydrogen-bond donors (Lipinski definition) is 1. The molecule has 8 nitrogen and oxygen atoms in total. The highest BCUT2D eigenvalue weighted by Crippen LogP contribution is 2.26. The van der Waals surface area contributed by atoms with Gasteiger partial charge >= 0.3 is 0 Å². The molecule has 0 saturated heterocycles. The number of nitro benzene ring substituents is 1. The van der Waals surface area contributed by atoms with E-state index in [4.69, 9.17) is 9.47 Å². The minimum absolute atomic E-state index is 0.00897. The molecule has 2 aromatic rings. The number of nitrogens with zero attached hydrogens (tertiary/aromatic N) is 2. The van der Waals surface area contributed by atoms with Crippen molar-refractivity contribution in [1.29, 1.82) is 0 Å². The minimum Gasteiger partial charge on any atom is -0.493 e. The first-order chi connectivity index (χ1) is 12.0. The molecule has 0 unspecified atom stereocenters. The summed E-state index contributed by atoms with van der Waals surface area (Å²) >= 11 is 0. The molecule has 0 aromatic heterocycles. The average molecular weight is 343 g/mol. The number of nitro groups is 1. The standard InChI is InChI=1S/C17H17N3O5/c1-24-15-7-6-13(9-16(15)25-2)11-18-19-17(21)10-12-4-3-5-14(8-12)20(22)23/h3-9,11H,10H2,1-2H3,(H,19,21). The number of benzene rings is 2. The van der Waals surface area contributed by atoms with Crippen molar-refractivity contribution in [2.45, 2.75) is 6.42 Å². The Bertz CT molecular complexity index is 805. The van der Waals surface area contributed by atoms with Crippen LogP contribution in [-0.4, -0.2) is 31.3 Å². The molecule has 0 spiro atoms. The molecule has 1 amide bonds. The normalized spacial score (nSPS) is 10.5. The van der Waals surface area contributed by atoms with Gasteiger partial charge in [-0.1, -0.05) is 12.1 Å². The lowest BCUT2D eigenvalue weighted by Gasteiger charge is -2.07. The summed E-state index contributed by atoms with van der Waals surface area (Å²) in [5, 5.41) is 14.6. The van der Waals surface area contributed by atoms with Gasteiger partial charge in [-0.15, -0.1) is 0 Å². The van der Waals surface area contributed by atoms with Crippen molar-refractivity contribution < 1.29 is 19.2 Å². The van der Waals surface area contributed by atoms with Gasteiger partial charge in [0.25, 0.3) is 5.69 Å². The molecule has 0 aliphatic carbocycles. The number of nitrogens with one attached hydrogen (secondary N) is 1. The second-order valence-corrected chi connectivity index (χ2v) is 5.01. The summed E-state index contributed by atoms with van der Waals surface area (Å²) in [6.45, 7) is 0. The zero-order chi connectivity index (χ0) is 18.2. The summed E-state index contributed by atoms with van der Waals surface area (Å²) in [4.78, 5) is 22.1. The van der Waals surface area contributed by atoms with Gasteiger partial charge in [0.1, 0.15) is 0 Å². The molecule has 0 bridgehead atoms. The molecular formula is C17H17N3O5. The fourth-order valence-electron chi connectivity index (χ4n) is 2.12. The Morgan fingerprint density at radius 3 is 2.64 bits per heavy atom. The maximum atomic E-state index is 11.9. The number of carbonyl (C=O) groups is 1. The largest absolute Gasteiger partial charge is 0.493 e. The van der Waals surface area contributed by atoms with E-state index in [-0.39, 0.29) is 18.0 Å². The zero-order valence-electron chi connectivity index (χ0n) is 13.8. The predicted molar refractivity (Wildman–Crippen MR) is 92.1 cm³/mol. The molecular weight excluding hydrogens is 326 g/mol. The minimum atomic E-state index is -0.503. The highest BCUT2D eigenvalue weighted by molar-refractivity contribution is 5.84. The molecule has 25 heavy (non-hydrogen) atoms. The second kappa shape index (κ2) is 8.44. The Hall–Kier alpha value is -3.42. The Morgan fingerprint density at radius 1 is 1.20 bits per heavy atom. The first-order valence-electron chi connectivity index (χ1n) is 7.30. The third-order valence-corrected chi connectivity index (χ3v) is 3.30. The van der Waals surface area contributed by atoms with Gasteiger partial charge < -0.3 is 9.47 Å². The molecule has 1 N–H and O–H groups in total. The molecule has 0 atom stereocenters. The summed E-state index contributed by atoms with van der Waals surface area (Å²) in [5.41, 5.74) is 3.58. The Labute approximate surface area is 144 Å². The van der Waals surface area contributed by atoms with Crippen LogP contribution < -0.4 is 14.9 Å². The number of ether oxygens (including phenoxy) is 2. The number of rotatable bonds is 7. The number of amides is 1. The van der Waals surface area contributed by atoms with Crippen LogP contribution in [0.15, 0.2) is 47.6 Å². The number of non-ortho nitro benzene ring substituents is 1. The summed E-state index contributed by atoms with van der Waals surface area (Å²) in [6, 6.07) is 11.1. The van der Waals surface area contributed by atoms with Crippen LogP contribution >= 0.6 is 0 Å². The van der Waals surface area contributed by atoms with E-state index in [0.29, 0.717) is 22.6 Å². The fourth-order valence-corrected chi connectivity index (χ4v) is 2.12. The lowest BCUT2D eigenvalue weighted by molar-refractivity contribution is -0.384. The van der Waals surface area contributed by atoms with E-state index in [1.165, 1.54) is 31.5 Å². The Kier molecular flexibility index (Phi) is 6.05. The summed E-state index contributed by atoms with van der Waals surface area (Å²) in [5.74, 6) is 0.765. The topological polar surface area (TPSA) is 103 Å². The number of carbonyl (C=O) groups excluding carboxylic acids is 1. The van der Waals surface area contributed by atoms with Crippen LogP contribution in [0.25, 0.3) is 0 Å². The molecule has 2 rings (SSSR count). The molecule has 0 fully saturated rings. The van der Waals surface area contributed by atoms with E-state index >= 15 is 0 Å². The van der Waals surface area contributed by atoms with Crippen LogP contribution in [0.5, 0.6) is 11.5 Å². The molecule has 8 heteroatoms. The van der Waals surface area contributed by atoms with Crippen LogP contribution in [0.1, 0.15) is 11.1 Å². The van der Waals surface area contributed by atoms with Gasteiger partial charge in [0.2, 0.25) is 5.91 Å². The van der Waals surface area contributed by atoms with Crippen LogP contribution in [0, 0.1) is 10.1 Å². The van der Waals surface area contributed by atoms with Crippen LogP contribution in [0.4, 0.5) is 5.69 Å². The first kappa shape index (κ1) is 17.9. The van der Waals surface area contributed by atoms with Crippen LogP contribution in [0.3, 0.4) is 0 Å². The van der Waals surface area contributed by atoms with Gasteiger partial charge in [0.05, 0.1) is 31.8 Å². The third kappa shape index (κ3) is 5.03. The second-order valence-electron chi connectivity index (χ2n) is 5.01. The maximum absolute atomic E-state index is 11.9. The predicted octanol–water partition coefficient (Wildman–Crippen LogP) is 2.30. The van der Waals surface area contributed by atoms with Gasteiger partial charge in [0, 0.05) is 12.1 Å². The molecule has 0 heterocycles. The Morgan fingerprint density at radius 2 is 1.96 bits per heavy atom. The lowest BCUT2D eigenvalue weighted by Crippen LogP contribution is -2.19. The molecule has 0 aliphatic heterocycles. The third-order valence-electron chi connectivity index (χ3n) is 3.30. The van der Waals surface area contributed by atoms with Gasteiger partial charge in [-0.25, -0.2) is 5.43 Å². The van der Waals surface area contributed by atoms with Crippen LogP contribution in [0.2, 0.25) is 0 Å². The molecule has 130 valence electrons. The maximum Gasteiger partial charge on any atom is 0.269 e. The van der Waals surface area contributed by atoms with E-state index in [0.717, 1.165) is 0 Å². The number of hydrazone groups is 1. The van der Waals surface area contributed by atoms with Crippen LogP contribution in [-0.2, 0) is 11.2 Å². The number of hydrogen-bond acceptors (Lipinski definition) is 6. The van der Waals surface area contributed by atoms with E-state index in [1.807, 2.05) is 0 Å². The fraction of sp³-hybridized carbons (Fsp3) is 0.176. The van der Waals surface area contributed by atoms with E-state index in [9.17, 15) is 14.9 Å². The highest BCUT2D eigenvalue weighted by Gasteiger charge is 2.08. The van der Waals surface area contributed by atoms with Crippen molar-refractivity contribution in [3.8, 4) is 11.5 Å². The highest BCUT2D eigenvalue weighted by atomic mass is 16.6. The van der Waals surface area contributed by atoms with Crippen molar-refractivity contribution in [3.63, 3.8) is 0 Å². The smallest absolute Gasteiger partial charge is 0.269 e. The summed E-state index contributed by atoms with van der Waals surface area (Å²) < 4.78 is 10.3. The monoisotopic (exact) mass is 343 g/mol. The SMILES string of the molecule is COc1ccc(C=NNC(=O)Cc2cccc([N+](=O)[O-])c2)cc1OC. The molecule has 2 aromatic carbocycles. The van der Waals surface area contributed by atoms with Crippen molar-refractivity contribution in [3.05, 3.63) is 63.7 Å². The van der Waals surface area contributed by atoms with Crippen molar-refractivity contribution in [1.82, 2.24) is 5.43 Å². The zero-order valence-corrected chi connectivity index (χ0v) is 13.8. The quantitative estimate of drug-likeness (QED) is 0.472. The van der Waals surface area contributed by atoms with Gasteiger partial charge in [-0.05, 0) is 29.3 Å². The summed E-state index contributed by atoms with van der Waals surface area (Å²) in [6.07, 6.45) is 1.46. The summed E-state index contributed by atoms with van der Waals surface area (Å²) in [7, 11) is 3.07. The van der Waals surface area contributed by atoms with Crippen molar-refractivity contribution in [2.75, 3.05) is 14.2 Å². The van der Waals surface area contributed by atoms with E-state index in [2.05, 4.69) is 10.5 Å². The van der Waals surface area contributed by atoms with E-state index in [1.54, 1.807) is 31.4 Å². The molecule has 0 radical (unpaired) electrons. The number of methoxy groups -OCH3 is 2. The van der Waals surface area contributed by atoms with Gasteiger partial charge in [0.15, 0.2) is 11.5 Å². The molecule has 0 saturated carbocycles. The van der Waals surface area contributed by atoms with Gasteiger partial charge in [-0.2, -0.15) is 5.10 Å². The van der Waals surface area contributed by atoms with E-state index < -0.39 is 4.92 Å². The van der Waals surface area contributed by atoms with Crippen molar-refractivity contribution in [2.24, 2.45) is 5.10 Å². The first-order valence-corrected chi connectivity index (χ1v) is 7.30. The van der Waals surface area contributed by atoms with Gasteiger partial charge in [-0.3, -0.25) is 14.9 Å².